The lowest BCUT2D eigenvalue weighted by molar-refractivity contribution is -0.130. The highest BCUT2D eigenvalue weighted by molar-refractivity contribution is 5.95. The first kappa shape index (κ1) is 25.9. The van der Waals surface area contributed by atoms with Crippen molar-refractivity contribution in [2.45, 2.75) is 31.8 Å². The van der Waals surface area contributed by atoms with Crippen molar-refractivity contribution in [3.05, 3.63) is 89.6 Å². The molecular weight excluding hydrogens is 464 g/mol. The number of rotatable bonds is 8. The SMILES string of the molecule is CC1CN(C)C(=O)CN1c1ccc(NC(=O)[C@H](NC[C@H](C)c2ccc(C#N)cc2)c2ccccc2)nc1. The first-order chi connectivity index (χ1) is 17.9. The van der Waals surface area contributed by atoms with Gasteiger partial charge < -0.3 is 20.4 Å². The Labute approximate surface area is 217 Å². The van der Waals surface area contributed by atoms with Gasteiger partial charge in [-0.05, 0) is 48.2 Å². The molecule has 0 aliphatic carbocycles. The number of benzene rings is 2. The highest BCUT2D eigenvalue weighted by atomic mass is 16.2. The summed E-state index contributed by atoms with van der Waals surface area (Å²) in [5.41, 5.74) is 3.42. The lowest BCUT2D eigenvalue weighted by Gasteiger charge is -2.39. The molecule has 2 N–H and O–H groups in total. The van der Waals surface area contributed by atoms with Crippen molar-refractivity contribution in [2.24, 2.45) is 0 Å². The third-order valence-electron chi connectivity index (χ3n) is 6.76. The number of carbonyl (C=O) groups is 2. The van der Waals surface area contributed by atoms with E-state index in [1.54, 1.807) is 29.3 Å². The van der Waals surface area contributed by atoms with Gasteiger partial charge in [-0.2, -0.15) is 5.26 Å². The van der Waals surface area contributed by atoms with E-state index in [-0.39, 0.29) is 23.8 Å². The first-order valence-corrected chi connectivity index (χ1v) is 12.4. The zero-order valence-corrected chi connectivity index (χ0v) is 21.4. The minimum absolute atomic E-state index is 0.0718. The summed E-state index contributed by atoms with van der Waals surface area (Å²) >= 11 is 0. The number of amides is 2. The maximum absolute atomic E-state index is 13.4. The fraction of sp³-hybridized carbons (Fsp3) is 0.310. The number of pyridine rings is 1. The predicted molar refractivity (Wildman–Crippen MR) is 144 cm³/mol. The number of hydrogen-bond acceptors (Lipinski definition) is 6. The van der Waals surface area contributed by atoms with Gasteiger partial charge in [0.1, 0.15) is 11.9 Å². The van der Waals surface area contributed by atoms with E-state index in [1.165, 1.54) is 0 Å². The molecule has 1 aliphatic rings. The zero-order valence-electron chi connectivity index (χ0n) is 21.4. The summed E-state index contributed by atoms with van der Waals surface area (Å²) in [5, 5.41) is 15.4. The number of nitrogens with zero attached hydrogens (tertiary/aromatic N) is 4. The Morgan fingerprint density at radius 2 is 1.84 bits per heavy atom. The Morgan fingerprint density at radius 3 is 2.49 bits per heavy atom. The molecule has 2 heterocycles. The van der Waals surface area contributed by atoms with Crippen LogP contribution in [0.5, 0.6) is 0 Å². The fourth-order valence-electron chi connectivity index (χ4n) is 4.50. The number of piperazine rings is 1. The summed E-state index contributed by atoms with van der Waals surface area (Å²) in [4.78, 5) is 33.7. The lowest BCUT2D eigenvalue weighted by atomic mass is 9.98. The molecule has 1 aromatic heterocycles. The summed E-state index contributed by atoms with van der Waals surface area (Å²) in [6.45, 7) is 5.69. The molecule has 0 spiro atoms. The van der Waals surface area contributed by atoms with Crippen LogP contribution >= 0.6 is 0 Å². The Kier molecular flexibility index (Phi) is 8.16. The minimum atomic E-state index is -0.571. The van der Waals surface area contributed by atoms with Crippen LogP contribution in [0.1, 0.15) is 42.5 Å². The molecule has 3 aromatic rings. The number of anilines is 2. The molecule has 8 heteroatoms. The van der Waals surface area contributed by atoms with Crippen molar-refractivity contribution in [1.29, 1.82) is 5.26 Å². The van der Waals surface area contributed by atoms with E-state index < -0.39 is 6.04 Å². The number of carbonyl (C=O) groups excluding carboxylic acids is 2. The molecule has 37 heavy (non-hydrogen) atoms. The molecular formula is C29H32N6O2. The molecule has 4 rings (SSSR count). The summed E-state index contributed by atoms with van der Waals surface area (Å²) in [5.74, 6) is 0.450. The van der Waals surface area contributed by atoms with Crippen LogP contribution in [-0.4, -0.2) is 54.4 Å². The zero-order chi connectivity index (χ0) is 26.4. The smallest absolute Gasteiger partial charge is 0.247 e. The van der Waals surface area contributed by atoms with Gasteiger partial charge in [-0.3, -0.25) is 9.59 Å². The van der Waals surface area contributed by atoms with Crippen molar-refractivity contribution in [1.82, 2.24) is 15.2 Å². The van der Waals surface area contributed by atoms with E-state index >= 15 is 0 Å². The fourth-order valence-corrected chi connectivity index (χ4v) is 4.50. The molecule has 1 fully saturated rings. The Hall–Kier alpha value is -4.22. The average molecular weight is 497 g/mol. The van der Waals surface area contributed by atoms with Crippen LogP contribution in [0.25, 0.3) is 0 Å². The largest absolute Gasteiger partial charge is 0.356 e. The number of nitrogens with one attached hydrogen (secondary N) is 2. The molecule has 0 bridgehead atoms. The second-order valence-electron chi connectivity index (χ2n) is 9.53. The molecule has 3 atom stereocenters. The minimum Gasteiger partial charge on any atom is -0.356 e. The van der Waals surface area contributed by atoms with E-state index in [4.69, 9.17) is 5.26 Å². The van der Waals surface area contributed by atoms with Crippen LogP contribution in [0, 0.1) is 11.3 Å². The molecule has 1 aliphatic heterocycles. The molecule has 1 unspecified atom stereocenters. The highest BCUT2D eigenvalue weighted by Gasteiger charge is 2.27. The molecule has 2 aromatic carbocycles. The molecule has 8 nitrogen and oxygen atoms in total. The van der Waals surface area contributed by atoms with E-state index in [2.05, 4.69) is 35.5 Å². The van der Waals surface area contributed by atoms with Crippen molar-refractivity contribution in [3.8, 4) is 6.07 Å². The van der Waals surface area contributed by atoms with Crippen molar-refractivity contribution in [3.63, 3.8) is 0 Å². The van der Waals surface area contributed by atoms with Gasteiger partial charge in [-0.1, -0.05) is 49.4 Å². The normalized spacial score (nSPS) is 17.1. The van der Waals surface area contributed by atoms with Gasteiger partial charge >= 0.3 is 0 Å². The van der Waals surface area contributed by atoms with E-state index in [1.807, 2.05) is 60.5 Å². The van der Waals surface area contributed by atoms with Crippen LogP contribution in [0.4, 0.5) is 11.5 Å². The van der Waals surface area contributed by atoms with Crippen molar-refractivity contribution >= 4 is 23.3 Å². The van der Waals surface area contributed by atoms with Crippen LogP contribution in [0.2, 0.25) is 0 Å². The topological polar surface area (TPSA) is 101 Å². The van der Waals surface area contributed by atoms with Crippen LogP contribution in [-0.2, 0) is 9.59 Å². The van der Waals surface area contributed by atoms with Gasteiger partial charge in [0.2, 0.25) is 11.8 Å². The number of likely N-dealkylation sites (N-methyl/N-ethyl adjacent to an activating group) is 1. The average Bonchev–Trinajstić information content (AvgIpc) is 2.92. The second kappa shape index (κ2) is 11.7. The summed E-state index contributed by atoms with van der Waals surface area (Å²) < 4.78 is 0. The van der Waals surface area contributed by atoms with Crippen LogP contribution in [0.15, 0.2) is 72.9 Å². The van der Waals surface area contributed by atoms with Gasteiger partial charge in [0.15, 0.2) is 0 Å². The molecule has 190 valence electrons. The van der Waals surface area contributed by atoms with Crippen LogP contribution in [0.3, 0.4) is 0 Å². The highest BCUT2D eigenvalue weighted by Crippen LogP contribution is 2.23. The quantitative estimate of drug-likeness (QED) is 0.493. The van der Waals surface area contributed by atoms with Crippen LogP contribution < -0.4 is 15.5 Å². The van der Waals surface area contributed by atoms with Gasteiger partial charge in [0, 0.05) is 26.2 Å². The standard InChI is InChI=1S/C29H32N6O2/c1-20(23-11-9-22(15-30)10-12-23)16-32-28(24-7-5-4-6-8-24)29(37)33-26-14-13-25(17-31-26)35-19-27(36)34(3)18-21(35)2/h4-14,17,20-21,28,32H,16,18-19H2,1-3H3,(H,31,33,37)/t20-,21?,28+/m0/s1. The first-order valence-electron chi connectivity index (χ1n) is 12.4. The van der Waals surface area contributed by atoms with Gasteiger partial charge in [0.05, 0.1) is 30.1 Å². The van der Waals surface area contributed by atoms with E-state index in [9.17, 15) is 9.59 Å². The van der Waals surface area contributed by atoms with E-state index in [0.29, 0.717) is 31.0 Å². The summed E-state index contributed by atoms with van der Waals surface area (Å²) in [7, 11) is 1.81. The Morgan fingerprint density at radius 1 is 1.11 bits per heavy atom. The maximum Gasteiger partial charge on any atom is 0.247 e. The monoisotopic (exact) mass is 496 g/mol. The lowest BCUT2D eigenvalue weighted by Crippen LogP contribution is -2.53. The summed E-state index contributed by atoms with van der Waals surface area (Å²) in [6, 6.07) is 22.5. The Balaban J connectivity index is 1.44. The maximum atomic E-state index is 13.4. The molecule has 1 saturated heterocycles. The third-order valence-corrected chi connectivity index (χ3v) is 6.76. The van der Waals surface area contributed by atoms with Gasteiger partial charge in [-0.25, -0.2) is 4.98 Å². The van der Waals surface area contributed by atoms with E-state index in [0.717, 1.165) is 16.8 Å². The van der Waals surface area contributed by atoms with Crippen molar-refractivity contribution < 1.29 is 9.59 Å². The number of hydrogen-bond donors (Lipinski definition) is 2. The Bertz CT molecular complexity index is 1250. The number of nitriles is 1. The molecule has 0 radical (unpaired) electrons. The van der Waals surface area contributed by atoms with Crippen molar-refractivity contribution in [2.75, 3.05) is 36.9 Å². The number of aromatic nitrogens is 1. The summed E-state index contributed by atoms with van der Waals surface area (Å²) in [6.07, 6.45) is 1.70. The third kappa shape index (κ3) is 6.32. The van der Waals surface area contributed by atoms with Gasteiger partial charge in [-0.15, -0.1) is 0 Å². The second-order valence-corrected chi connectivity index (χ2v) is 9.53. The molecule has 0 saturated carbocycles. The predicted octanol–water partition coefficient (Wildman–Crippen LogP) is 3.69. The molecule has 2 amide bonds. The van der Waals surface area contributed by atoms with Gasteiger partial charge in [0.25, 0.3) is 0 Å².